The molecule has 2 atom stereocenters. The van der Waals surface area contributed by atoms with Crippen LogP contribution in [0.1, 0.15) is 19.5 Å². The summed E-state index contributed by atoms with van der Waals surface area (Å²) in [7, 11) is 2.02. The van der Waals surface area contributed by atoms with E-state index < -0.39 is 11.9 Å². The van der Waals surface area contributed by atoms with E-state index >= 15 is 0 Å². The van der Waals surface area contributed by atoms with Crippen LogP contribution in [0.25, 0.3) is 0 Å². The van der Waals surface area contributed by atoms with Crippen molar-refractivity contribution in [2.24, 2.45) is 0 Å². The Hall–Kier alpha value is -1.50. The molecule has 0 spiro atoms. The van der Waals surface area contributed by atoms with Gasteiger partial charge < -0.3 is 10.6 Å². The second-order valence-corrected chi connectivity index (χ2v) is 5.39. The normalized spacial score (nSPS) is 25.0. The number of nitrogens with zero attached hydrogens (tertiary/aromatic N) is 3. The summed E-state index contributed by atoms with van der Waals surface area (Å²) in [5.41, 5.74) is 5.60. The Labute approximate surface area is 116 Å². The lowest BCUT2D eigenvalue weighted by atomic mass is 10.1. The second kappa shape index (κ2) is 5.12. The van der Waals surface area contributed by atoms with E-state index in [0.717, 1.165) is 12.3 Å². The van der Waals surface area contributed by atoms with Crippen LogP contribution < -0.4 is 10.6 Å². The van der Waals surface area contributed by atoms with Gasteiger partial charge in [-0.1, -0.05) is 0 Å². The van der Waals surface area contributed by atoms with E-state index in [1.165, 1.54) is 0 Å². The molecule has 4 nitrogen and oxygen atoms in total. The number of piperazine rings is 1. The number of rotatable bonds is 1. The minimum absolute atomic E-state index is 0.251. The Balaban J connectivity index is 2.33. The molecule has 2 N–H and O–H groups in total. The third kappa shape index (κ3) is 2.82. The molecule has 0 radical (unpaired) electrons. The van der Waals surface area contributed by atoms with Crippen LogP contribution in [0.4, 0.5) is 24.5 Å². The molecule has 1 aromatic heterocycles. The molecule has 20 heavy (non-hydrogen) atoms. The van der Waals surface area contributed by atoms with Crippen molar-refractivity contribution < 1.29 is 13.2 Å². The molecule has 0 saturated carbocycles. The Kier molecular flexibility index (Phi) is 3.82. The highest BCUT2D eigenvalue weighted by Gasteiger charge is 2.34. The molecule has 112 valence electrons. The fourth-order valence-electron chi connectivity index (χ4n) is 2.49. The highest BCUT2D eigenvalue weighted by Crippen LogP contribution is 2.33. The zero-order chi connectivity index (χ0) is 15.1. The zero-order valence-electron chi connectivity index (χ0n) is 11.8. The highest BCUT2D eigenvalue weighted by molar-refractivity contribution is 5.67. The van der Waals surface area contributed by atoms with E-state index in [2.05, 4.69) is 9.88 Å². The number of aromatic nitrogens is 1. The summed E-state index contributed by atoms with van der Waals surface area (Å²) in [5.74, 6) is 0. The number of alkyl halides is 3. The summed E-state index contributed by atoms with van der Waals surface area (Å²) >= 11 is 0. The third-order valence-corrected chi connectivity index (χ3v) is 3.90. The maximum absolute atomic E-state index is 12.8. The number of halogens is 3. The number of hydrogen-bond donors (Lipinski definition) is 1. The van der Waals surface area contributed by atoms with Crippen molar-refractivity contribution >= 4 is 11.4 Å². The first-order chi connectivity index (χ1) is 9.20. The number of nitrogen functional groups attached to an aromatic ring is 1. The van der Waals surface area contributed by atoms with Gasteiger partial charge in [0.1, 0.15) is 5.69 Å². The molecule has 2 heterocycles. The molecule has 7 heteroatoms. The van der Waals surface area contributed by atoms with E-state index in [0.29, 0.717) is 18.8 Å². The molecule has 1 aliphatic rings. The van der Waals surface area contributed by atoms with E-state index in [-0.39, 0.29) is 17.8 Å². The van der Waals surface area contributed by atoms with Crippen LogP contribution in [0.3, 0.4) is 0 Å². The van der Waals surface area contributed by atoms with Crippen LogP contribution in [0.5, 0.6) is 0 Å². The monoisotopic (exact) mass is 288 g/mol. The fraction of sp³-hybridized carbons (Fsp3) is 0.615. The first-order valence-electron chi connectivity index (χ1n) is 6.49. The minimum atomic E-state index is -4.45. The van der Waals surface area contributed by atoms with Crippen LogP contribution in [0.2, 0.25) is 0 Å². The van der Waals surface area contributed by atoms with Crippen LogP contribution in [0, 0.1) is 0 Å². The molecule has 1 fully saturated rings. The van der Waals surface area contributed by atoms with Crippen molar-refractivity contribution in [2.45, 2.75) is 32.1 Å². The molecule has 2 rings (SSSR count). The van der Waals surface area contributed by atoms with Gasteiger partial charge in [0.2, 0.25) is 0 Å². The predicted molar refractivity (Wildman–Crippen MR) is 72.6 cm³/mol. The molecule has 1 aromatic rings. The van der Waals surface area contributed by atoms with Gasteiger partial charge >= 0.3 is 6.18 Å². The van der Waals surface area contributed by atoms with Gasteiger partial charge in [0.25, 0.3) is 0 Å². The Morgan fingerprint density at radius 3 is 2.30 bits per heavy atom. The van der Waals surface area contributed by atoms with Gasteiger partial charge in [-0.2, -0.15) is 13.2 Å². The molecular formula is C13H19F3N4. The quantitative estimate of drug-likeness (QED) is 0.860. The van der Waals surface area contributed by atoms with E-state index in [4.69, 9.17) is 5.73 Å². The maximum Gasteiger partial charge on any atom is 0.433 e. The lowest BCUT2D eigenvalue weighted by Crippen LogP contribution is -2.55. The maximum atomic E-state index is 12.8. The fourth-order valence-corrected chi connectivity index (χ4v) is 2.49. The summed E-state index contributed by atoms with van der Waals surface area (Å²) in [6.45, 7) is 5.38. The van der Waals surface area contributed by atoms with Crippen LogP contribution in [-0.2, 0) is 6.18 Å². The van der Waals surface area contributed by atoms with Crippen molar-refractivity contribution in [1.82, 2.24) is 9.88 Å². The zero-order valence-corrected chi connectivity index (χ0v) is 11.8. The third-order valence-electron chi connectivity index (χ3n) is 3.90. The van der Waals surface area contributed by atoms with Crippen molar-refractivity contribution in [1.29, 1.82) is 0 Å². The predicted octanol–water partition coefficient (Wildman–Crippen LogP) is 2.21. The van der Waals surface area contributed by atoms with Crippen LogP contribution >= 0.6 is 0 Å². The van der Waals surface area contributed by atoms with Crippen LogP contribution in [0.15, 0.2) is 12.3 Å². The largest absolute Gasteiger partial charge is 0.433 e. The summed E-state index contributed by atoms with van der Waals surface area (Å²) < 4.78 is 38.3. The molecule has 1 saturated heterocycles. The average molecular weight is 288 g/mol. The molecular weight excluding hydrogens is 269 g/mol. The summed E-state index contributed by atoms with van der Waals surface area (Å²) in [6.07, 6.45) is -3.36. The Morgan fingerprint density at radius 2 is 1.80 bits per heavy atom. The van der Waals surface area contributed by atoms with E-state index in [1.54, 1.807) is 0 Å². The topological polar surface area (TPSA) is 45.4 Å². The molecule has 1 aliphatic heterocycles. The minimum Gasteiger partial charge on any atom is -0.396 e. The summed E-state index contributed by atoms with van der Waals surface area (Å²) in [4.78, 5) is 7.48. The van der Waals surface area contributed by atoms with Gasteiger partial charge in [0, 0.05) is 25.2 Å². The van der Waals surface area contributed by atoms with E-state index in [9.17, 15) is 13.2 Å². The van der Waals surface area contributed by atoms with Crippen molar-refractivity contribution in [2.75, 3.05) is 30.8 Å². The average Bonchev–Trinajstić information content (AvgIpc) is 2.34. The number of pyridine rings is 1. The molecule has 0 bridgehead atoms. The van der Waals surface area contributed by atoms with Gasteiger partial charge in [0.15, 0.2) is 0 Å². The van der Waals surface area contributed by atoms with Gasteiger partial charge in [-0.15, -0.1) is 0 Å². The van der Waals surface area contributed by atoms with Gasteiger partial charge in [-0.25, -0.2) is 4.98 Å². The summed E-state index contributed by atoms with van der Waals surface area (Å²) in [6, 6.07) is 1.54. The standard InChI is InChI=1S/C13H19F3N4/c1-8-6-20(7-9(2)19(8)3)11-4-12(13(14,15)16)18-5-10(11)17/h4-5,8-9H,6-7,17H2,1-3H3. The van der Waals surface area contributed by atoms with Crippen molar-refractivity contribution in [3.63, 3.8) is 0 Å². The second-order valence-electron chi connectivity index (χ2n) is 5.39. The highest BCUT2D eigenvalue weighted by atomic mass is 19.4. The number of likely N-dealkylation sites (N-methyl/N-ethyl adjacent to an activating group) is 1. The van der Waals surface area contributed by atoms with Crippen molar-refractivity contribution in [3.05, 3.63) is 18.0 Å². The SMILES string of the molecule is CC1CN(c2cc(C(F)(F)F)ncc2N)CC(C)N1C. The number of anilines is 2. The smallest absolute Gasteiger partial charge is 0.396 e. The molecule has 0 amide bonds. The Morgan fingerprint density at radius 1 is 1.25 bits per heavy atom. The van der Waals surface area contributed by atoms with E-state index in [1.807, 2.05) is 25.8 Å². The first-order valence-corrected chi connectivity index (χ1v) is 6.49. The van der Waals surface area contributed by atoms with Crippen molar-refractivity contribution in [3.8, 4) is 0 Å². The van der Waals surface area contributed by atoms with Gasteiger partial charge in [-0.05, 0) is 27.0 Å². The lowest BCUT2D eigenvalue weighted by Gasteiger charge is -2.43. The first kappa shape index (κ1) is 14.9. The number of nitrogens with two attached hydrogens (primary N) is 1. The molecule has 2 unspecified atom stereocenters. The molecule has 0 aliphatic carbocycles. The lowest BCUT2D eigenvalue weighted by molar-refractivity contribution is -0.141. The van der Waals surface area contributed by atoms with Gasteiger partial charge in [-0.3, -0.25) is 4.90 Å². The summed E-state index contributed by atoms with van der Waals surface area (Å²) in [5, 5.41) is 0. The van der Waals surface area contributed by atoms with Crippen LogP contribution in [-0.4, -0.2) is 42.1 Å². The van der Waals surface area contributed by atoms with Gasteiger partial charge in [0.05, 0.1) is 17.6 Å². The Bertz CT molecular complexity index is 477. The number of hydrogen-bond acceptors (Lipinski definition) is 4. The molecule has 0 aromatic carbocycles.